The average molecular weight is 275 g/mol. The van der Waals surface area contributed by atoms with Gasteiger partial charge in [0.25, 0.3) is 5.91 Å². The standard InChI is InChI=1S/C15H21N3O2/c1-10(2)16-14-5-3-4-13(17-14)15(19)18-8-11-6-7-12(9-18)20-11/h3-5,10-12H,6-9H2,1-2H3,(H,16,17). The summed E-state index contributed by atoms with van der Waals surface area (Å²) in [6, 6.07) is 5.84. The number of carbonyl (C=O) groups is 1. The highest BCUT2D eigenvalue weighted by Crippen LogP contribution is 2.27. The number of ether oxygens (including phenoxy) is 1. The molecule has 1 aromatic heterocycles. The highest BCUT2D eigenvalue weighted by molar-refractivity contribution is 5.92. The number of hydrogen-bond donors (Lipinski definition) is 1. The number of carbonyl (C=O) groups excluding carboxylic acids is 1. The number of morpholine rings is 1. The number of anilines is 1. The van der Waals surface area contributed by atoms with Crippen LogP contribution in [0.4, 0.5) is 5.82 Å². The molecule has 2 bridgehead atoms. The number of nitrogens with one attached hydrogen (secondary N) is 1. The second-order valence-corrected chi connectivity index (χ2v) is 5.87. The van der Waals surface area contributed by atoms with Crippen LogP contribution < -0.4 is 5.32 Å². The van der Waals surface area contributed by atoms with Gasteiger partial charge in [-0.2, -0.15) is 0 Å². The van der Waals surface area contributed by atoms with Gasteiger partial charge in [-0.05, 0) is 38.8 Å². The zero-order valence-corrected chi connectivity index (χ0v) is 12.0. The molecule has 0 aliphatic carbocycles. The Morgan fingerprint density at radius 3 is 2.70 bits per heavy atom. The van der Waals surface area contributed by atoms with Crippen molar-refractivity contribution in [3.05, 3.63) is 23.9 Å². The van der Waals surface area contributed by atoms with Gasteiger partial charge in [-0.15, -0.1) is 0 Å². The third-order valence-electron chi connectivity index (χ3n) is 3.74. The molecule has 2 unspecified atom stereocenters. The van der Waals surface area contributed by atoms with Crippen LogP contribution in [0.1, 0.15) is 37.2 Å². The van der Waals surface area contributed by atoms with Crippen LogP contribution >= 0.6 is 0 Å². The molecule has 3 heterocycles. The van der Waals surface area contributed by atoms with E-state index in [1.54, 1.807) is 6.07 Å². The molecule has 1 amide bonds. The van der Waals surface area contributed by atoms with E-state index < -0.39 is 0 Å². The Hall–Kier alpha value is -1.62. The molecule has 2 atom stereocenters. The lowest BCUT2D eigenvalue weighted by Gasteiger charge is -2.31. The third kappa shape index (κ3) is 2.77. The molecule has 0 saturated carbocycles. The number of nitrogens with zero attached hydrogens (tertiary/aromatic N) is 2. The van der Waals surface area contributed by atoms with Crippen LogP contribution in [-0.2, 0) is 4.74 Å². The summed E-state index contributed by atoms with van der Waals surface area (Å²) in [5.41, 5.74) is 0.511. The minimum Gasteiger partial charge on any atom is -0.371 e. The van der Waals surface area contributed by atoms with Crippen molar-refractivity contribution in [3.63, 3.8) is 0 Å². The summed E-state index contributed by atoms with van der Waals surface area (Å²) in [4.78, 5) is 18.8. The molecule has 0 spiro atoms. The molecule has 2 aliphatic rings. The lowest BCUT2D eigenvalue weighted by molar-refractivity contribution is -0.0305. The molecule has 5 heteroatoms. The maximum atomic E-state index is 12.5. The van der Waals surface area contributed by atoms with Gasteiger partial charge in [0, 0.05) is 19.1 Å². The Labute approximate surface area is 119 Å². The zero-order valence-electron chi connectivity index (χ0n) is 12.0. The first-order valence-corrected chi connectivity index (χ1v) is 7.30. The molecule has 1 N–H and O–H groups in total. The Bertz CT molecular complexity index is 492. The number of amides is 1. The molecule has 5 nitrogen and oxygen atoms in total. The van der Waals surface area contributed by atoms with Crippen LogP contribution in [0.15, 0.2) is 18.2 Å². The van der Waals surface area contributed by atoms with E-state index in [9.17, 15) is 4.79 Å². The molecular weight excluding hydrogens is 254 g/mol. The Kier molecular flexibility index (Phi) is 3.61. The molecule has 108 valence electrons. The van der Waals surface area contributed by atoms with Crippen molar-refractivity contribution < 1.29 is 9.53 Å². The van der Waals surface area contributed by atoms with E-state index >= 15 is 0 Å². The minimum atomic E-state index is 0.0117. The molecule has 3 rings (SSSR count). The first-order chi connectivity index (χ1) is 9.61. The fraction of sp³-hybridized carbons (Fsp3) is 0.600. The van der Waals surface area contributed by atoms with Crippen molar-refractivity contribution in [2.45, 2.75) is 44.9 Å². The minimum absolute atomic E-state index is 0.0117. The summed E-state index contributed by atoms with van der Waals surface area (Å²) < 4.78 is 5.76. The Balaban J connectivity index is 1.73. The van der Waals surface area contributed by atoms with Crippen molar-refractivity contribution in [2.24, 2.45) is 0 Å². The van der Waals surface area contributed by atoms with Gasteiger partial charge in [-0.25, -0.2) is 4.98 Å². The molecule has 20 heavy (non-hydrogen) atoms. The van der Waals surface area contributed by atoms with Gasteiger partial charge in [0.1, 0.15) is 11.5 Å². The van der Waals surface area contributed by atoms with Crippen LogP contribution in [0.2, 0.25) is 0 Å². The monoisotopic (exact) mass is 275 g/mol. The summed E-state index contributed by atoms with van der Waals surface area (Å²) in [6.45, 7) is 5.49. The summed E-state index contributed by atoms with van der Waals surface area (Å²) in [5.74, 6) is 0.764. The smallest absolute Gasteiger partial charge is 0.272 e. The van der Waals surface area contributed by atoms with Gasteiger partial charge in [-0.3, -0.25) is 4.79 Å². The van der Waals surface area contributed by atoms with E-state index in [1.165, 1.54) is 0 Å². The maximum absolute atomic E-state index is 12.5. The quantitative estimate of drug-likeness (QED) is 0.915. The highest BCUT2D eigenvalue weighted by atomic mass is 16.5. The van der Waals surface area contributed by atoms with Gasteiger partial charge in [-0.1, -0.05) is 6.07 Å². The lowest BCUT2D eigenvalue weighted by atomic mass is 10.2. The molecule has 2 fully saturated rings. The van der Waals surface area contributed by atoms with Crippen LogP contribution in [0.25, 0.3) is 0 Å². The predicted molar refractivity (Wildman–Crippen MR) is 76.8 cm³/mol. The average Bonchev–Trinajstić information content (AvgIpc) is 2.76. The van der Waals surface area contributed by atoms with Crippen LogP contribution in [0.5, 0.6) is 0 Å². The highest BCUT2D eigenvalue weighted by Gasteiger charge is 2.36. The van der Waals surface area contributed by atoms with E-state index in [1.807, 2.05) is 17.0 Å². The molecule has 0 aromatic carbocycles. The first kappa shape index (κ1) is 13.4. The summed E-state index contributed by atoms with van der Waals surface area (Å²) in [6.07, 6.45) is 2.57. The van der Waals surface area contributed by atoms with Gasteiger partial charge in [0.15, 0.2) is 0 Å². The van der Waals surface area contributed by atoms with Gasteiger partial charge in [0.05, 0.1) is 12.2 Å². The van der Waals surface area contributed by atoms with Crippen molar-refractivity contribution in [2.75, 3.05) is 18.4 Å². The Morgan fingerprint density at radius 2 is 2.05 bits per heavy atom. The van der Waals surface area contributed by atoms with Crippen molar-refractivity contribution >= 4 is 11.7 Å². The van der Waals surface area contributed by atoms with E-state index in [-0.39, 0.29) is 18.1 Å². The van der Waals surface area contributed by atoms with E-state index in [2.05, 4.69) is 24.1 Å². The van der Waals surface area contributed by atoms with Crippen molar-refractivity contribution in [1.82, 2.24) is 9.88 Å². The molecular formula is C15H21N3O2. The van der Waals surface area contributed by atoms with Crippen molar-refractivity contribution in [3.8, 4) is 0 Å². The first-order valence-electron chi connectivity index (χ1n) is 7.30. The Morgan fingerprint density at radius 1 is 1.35 bits per heavy atom. The van der Waals surface area contributed by atoms with Gasteiger partial charge >= 0.3 is 0 Å². The van der Waals surface area contributed by atoms with Crippen molar-refractivity contribution in [1.29, 1.82) is 0 Å². The second kappa shape index (κ2) is 5.40. The predicted octanol–water partition coefficient (Wildman–Crippen LogP) is 1.91. The fourth-order valence-electron chi connectivity index (χ4n) is 2.87. The topological polar surface area (TPSA) is 54.5 Å². The largest absolute Gasteiger partial charge is 0.371 e. The summed E-state index contributed by atoms with van der Waals surface area (Å²) in [7, 11) is 0. The van der Waals surface area contributed by atoms with Crippen LogP contribution in [0.3, 0.4) is 0 Å². The lowest BCUT2D eigenvalue weighted by Crippen LogP contribution is -2.46. The van der Waals surface area contributed by atoms with E-state index in [0.717, 1.165) is 18.7 Å². The van der Waals surface area contributed by atoms with E-state index in [0.29, 0.717) is 24.8 Å². The van der Waals surface area contributed by atoms with Crippen LogP contribution in [-0.4, -0.2) is 47.1 Å². The summed E-state index contributed by atoms with van der Waals surface area (Å²) >= 11 is 0. The zero-order chi connectivity index (χ0) is 14.1. The normalized spacial score (nSPS) is 25.1. The molecule has 2 aliphatic heterocycles. The molecule has 1 aromatic rings. The maximum Gasteiger partial charge on any atom is 0.272 e. The van der Waals surface area contributed by atoms with Gasteiger partial charge in [0.2, 0.25) is 0 Å². The number of likely N-dealkylation sites (tertiary alicyclic amines) is 1. The van der Waals surface area contributed by atoms with Crippen LogP contribution in [0, 0.1) is 0 Å². The SMILES string of the molecule is CC(C)Nc1cccc(C(=O)N2CC3CCC(C2)O3)n1. The molecule has 0 radical (unpaired) electrons. The third-order valence-corrected chi connectivity index (χ3v) is 3.74. The number of rotatable bonds is 3. The molecule has 2 saturated heterocycles. The van der Waals surface area contributed by atoms with E-state index in [4.69, 9.17) is 4.74 Å². The number of pyridine rings is 1. The number of hydrogen-bond acceptors (Lipinski definition) is 4. The fourth-order valence-corrected chi connectivity index (χ4v) is 2.87. The second-order valence-electron chi connectivity index (χ2n) is 5.87. The number of aromatic nitrogens is 1. The van der Waals surface area contributed by atoms with Gasteiger partial charge < -0.3 is 15.0 Å². The summed E-state index contributed by atoms with van der Waals surface area (Å²) in [5, 5.41) is 3.23. The number of fused-ring (bicyclic) bond motifs is 2.